The summed E-state index contributed by atoms with van der Waals surface area (Å²) in [6, 6.07) is 116. The molecule has 14 aromatic rings. The summed E-state index contributed by atoms with van der Waals surface area (Å²) in [5.41, 5.74) is 21.1. The molecule has 0 aromatic heterocycles. The molecule has 554 valence electrons. The fraction of sp³-hybridized carbons (Fsp3) is 0.208. The lowest BCUT2D eigenvalue weighted by Gasteiger charge is -2.34. The number of epoxide rings is 1. The topological polar surface area (TPSA) is 77.1 Å². The lowest BCUT2D eigenvalue weighted by Crippen LogP contribution is -2.32. The molecule has 10 unspecified atom stereocenters. The van der Waals surface area contributed by atoms with E-state index < -0.39 is 16.2 Å². The number of benzene rings is 14. The Bertz CT molecular complexity index is 5890. The summed E-state index contributed by atoms with van der Waals surface area (Å²) in [5, 5.41) is 8.07. The number of hydrogen-bond donors (Lipinski definition) is 0. The molecule has 0 amide bonds. The van der Waals surface area contributed by atoms with Crippen LogP contribution in [0.25, 0.3) is 54.9 Å². The van der Waals surface area contributed by atoms with Crippen molar-refractivity contribution in [2.75, 3.05) is 45.4 Å². The summed E-state index contributed by atoms with van der Waals surface area (Å²) in [6.45, 7) is 4.01. The number of ether oxygens (including phenoxy) is 8. The van der Waals surface area contributed by atoms with Gasteiger partial charge in [0.15, 0.2) is 0 Å². The van der Waals surface area contributed by atoms with E-state index in [0.29, 0.717) is 63.2 Å². The summed E-state index contributed by atoms with van der Waals surface area (Å²) in [4.78, 5) is 0. The van der Waals surface area contributed by atoms with Crippen molar-refractivity contribution in [2.24, 2.45) is 0 Å². The average Bonchev–Trinajstić information content (AvgIpc) is 1.54. The number of thioether (sulfide) groups is 4. The van der Waals surface area contributed by atoms with Gasteiger partial charge in [0.2, 0.25) is 6.29 Å². The summed E-state index contributed by atoms with van der Waals surface area (Å²) >= 11 is 8.01. The molecule has 0 N–H and O–H groups in total. The second kappa shape index (κ2) is 27.5. The zero-order valence-corrected chi connectivity index (χ0v) is 65.1. The van der Waals surface area contributed by atoms with E-state index in [0.717, 1.165) is 64.9 Å². The van der Waals surface area contributed by atoms with E-state index in [1.807, 2.05) is 23.5 Å². The van der Waals surface area contributed by atoms with Crippen molar-refractivity contribution in [2.45, 2.75) is 77.9 Å². The molecule has 0 spiro atoms. The van der Waals surface area contributed by atoms with Crippen LogP contribution in [0.5, 0.6) is 34.5 Å². The van der Waals surface area contributed by atoms with Gasteiger partial charge in [0.05, 0.1) is 38.6 Å². The third-order valence-corrected chi connectivity index (χ3v) is 30.3. The lowest BCUT2D eigenvalue weighted by atomic mass is 9.67. The van der Waals surface area contributed by atoms with Crippen molar-refractivity contribution in [3.63, 3.8) is 0 Å². The number of rotatable bonds is 25. The summed E-state index contributed by atoms with van der Waals surface area (Å²) in [7, 11) is 0. The quantitative estimate of drug-likeness (QED) is 0.0512. The third kappa shape index (κ3) is 11.7. The zero-order chi connectivity index (χ0) is 74.4. The van der Waals surface area contributed by atoms with Crippen molar-refractivity contribution in [3.8, 4) is 67.9 Å². The maximum Gasteiger partial charge on any atom is 0.202 e. The predicted molar refractivity (Wildman–Crippen MR) is 459 cm³/mol. The SMILES string of the molecule is c1ccc2c(c1)-c1ccccc1C2(c1ccc(OCC2CS2)cc1)c1ccc(OCC2SC2C2SC2COc2ccc3cc(C4(c5ccc6cc(OCC7SC7C7OC7COc7ccc(C8(c9ccc(OC%10CCO%10)cc9)c9ccccc9-c9ccccc98)cc7)ccc6c5)c5ccccc5-c5ccccc54)ccc3c2)cc1. The summed E-state index contributed by atoms with van der Waals surface area (Å²) in [6.07, 6.45) is 0.930. The van der Waals surface area contributed by atoms with Gasteiger partial charge >= 0.3 is 0 Å². The van der Waals surface area contributed by atoms with Crippen molar-refractivity contribution in [1.29, 1.82) is 0 Å². The van der Waals surface area contributed by atoms with Gasteiger partial charge in [0.1, 0.15) is 79.7 Å². The van der Waals surface area contributed by atoms with Crippen LogP contribution in [0.2, 0.25) is 0 Å². The van der Waals surface area contributed by atoms with Crippen molar-refractivity contribution < 1.29 is 37.9 Å². The Kier molecular flexibility index (Phi) is 16.6. The molecule has 12 heteroatoms. The molecular formula is C101H78O8S4. The maximum atomic E-state index is 6.66. The van der Waals surface area contributed by atoms with Crippen molar-refractivity contribution in [1.82, 2.24) is 0 Å². The highest BCUT2D eigenvalue weighted by molar-refractivity contribution is 8.12. The molecule has 23 rings (SSSR count). The molecule has 6 heterocycles. The minimum atomic E-state index is -0.560. The van der Waals surface area contributed by atoms with Gasteiger partial charge in [-0.2, -0.15) is 11.8 Å². The van der Waals surface area contributed by atoms with Crippen LogP contribution < -0.4 is 28.4 Å². The fourth-order valence-corrected chi connectivity index (χ4v) is 23.4. The lowest BCUT2D eigenvalue weighted by molar-refractivity contribution is -0.165. The molecule has 8 nitrogen and oxygen atoms in total. The zero-order valence-electron chi connectivity index (χ0n) is 61.9. The minimum absolute atomic E-state index is 0.0451. The Labute approximate surface area is 674 Å². The normalized spacial score (nSPS) is 23.1. The molecule has 9 aliphatic rings. The van der Waals surface area contributed by atoms with Gasteiger partial charge in [-0.15, -0.1) is 35.3 Å². The second-order valence-corrected chi connectivity index (χ2v) is 36.9. The standard InChI is InChI=1S/C101H78O8S4/c1-7-19-84-78(13-1)79-14-2-8-20-85(79)99(84,65-31-41-71(42-32-65)103-55-77-60-110-77)67-35-45-73(46-36-67)105-58-92-97(112-92)98-93(113-98)59-107-76-40-28-62-52-70(30-26-64(62)54-76)101(88-23-11-5-17-82(88)83-18-6-12-24-89(83)101)69-29-25-63-53-75(39-27-61(63)51-69)106-57-91-96(111-91)95-90(109-95)56-104-72-43-33-66(34-44-72)100(68-37-47-74(48-38-68)108-94-49-50-102-94)86-21-9-3-15-80(86)81-16-4-10-22-87(81)100/h1-48,51-54,77,90-98H,49-50,55-60H2. The molecule has 0 saturated carbocycles. The average molecular weight is 1550 g/mol. The minimum Gasteiger partial charge on any atom is -0.492 e. The molecule has 0 bridgehead atoms. The first kappa shape index (κ1) is 68.3. The van der Waals surface area contributed by atoms with Crippen LogP contribution in [0.15, 0.2) is 315 Å². The molecule has 113 heavy (non-hydrogen) atoms. The first-order valence-electron chi connectivity index (χ1n) is 39.6. The van der Waals surface area contributed by atoms with Crippen LogP contribution in [0.1, 0.15) is 73.2 Å². The van der Waals surface area contributed by atoms with Crippen molar-refractivity contribution >= 4 is 68.6 Å². The van der Waals surface area contributed by atoms with E-state index in [2.05, 4.69) is 339 Å². The van der Waals surface area contributed by atoms with E-state index in [1.165, 1.54) is 117 Å². The van der Waals surface area contributed by atoms with Crippen LogP contribution in [0, 0.1) is 0 Å². The predicted octanol–water partition coefficient (Wildman–Crippen LogP) is 21.8. The third-order valence-electron chi connectivity index (χ3n) is 25.1. The second-order valence-electron chi connectivity index (χ2n) is 31.3. The first-order valence-corrected chi connectivity index (χ1v) is 43.5. The Balaban J connectivity index is 0.426. The molecule has 6 saturated heterocycles. The molecule has 6 fully saturated rings. The van der Waals surface area contributed by atoms with Gasteiger partial charge in [-0.1, -0.05) is 231 Å². The molecule has 10 atom stereocenters. The molecule has 0 radical (unpaired) electrons. The van der Waals surface area contributed by atoms with Gasteiger partial charge in [0, 0.05) is 33.2 Å². The largest absolute Gasteiger partial charge is 0.492 e. The van der Waals surface area contributed by atoms with Gasteiger partial charge in [0.25, 0.3) is 0 Å². The van der Waals surface area contributed by atoms with Crippen LogP contribution in [-0.4, -0.2) is 101 Å². The molecule has 14 aromatic carbocycles. The summed E-state index contributed by atoms with van der Waals surface area (Å²) in [5.74, 6) is 6.45. The van der Waals surface area contributed by atoms with Crippen LogP contribution in [0.4, 0.5) is 0 Å². The van der Waals surface area contributed by atoms with Crippen LogP contribution in [-0.2, 0) is 25.7 Å². The first-order chi connectivity index (χ1) is 55.9. The molecule has 6 aliphatic heterocycles. The number of fused-ring (bicyclic) bond motifs is 11. The Morgan fingerprint density at radius 1 is 0.301 bits per heavy atom. The fourth-order valence-electron chi connectivity index (χ4n) is 19.2. The summed E-state index contributed by atoms with van der Waals surface area (Å²) < 4.78 is 50.6. The highest BCUT2D eigenvalue weighted by Crippen LogP contribution is 2.62. The smallest absolute Gasteiger partial charge is 0.202 e. The molecule has 3 aliphatic carbocycles. The van der Waals surface area contributed by atoms with Crippen LogP contribution >= 0.6 is 47.0 Å². The van der Waals surface area contributed by atoms with E-state index in [9.17, 15) is 0 Å². The van der Waals surface area contributed by atoms with Gasteiger partial charge < -0.3 is 37.9 Å². The van der Waals surface area contributed by atoms with E-state index in [4.69, 9.17) is 37.9 Å². The van der Waals surface area contributed by atoms with Gasteiger partial charge in [-0.05, 0) is 207 Å². The highest BCUT2D eigenvalue weighted by Gasteiger charge is 2.58. The van der Waals surface area contributed by atoms with E-state index in [-0.39, 0.29) is 18.5 Å². The van der Waals surface area contributed by atoms with Crippen molar-refractivity contribution in [3.05, 3.63) is 382 Å². The Hall–Kier alpha value is -10.3. The highest BCUT2D eigenvalue weighted by atomic mass is 32.2. The van der Waals surface area contributed by atoms with Crippen LogP contribution in [0.3, 0.4) is 0 Å². The monoisotopic (exact) mass is 1550 g/mol. The van der Waals surface area contributed by atoms with E-state index >= 15 is 0 Å². The Morgan fingerprint density at radius 2 is 0.602 bits per heavy atom. The van der Waals surface area contributed by atoms with E-state index in [1.54, 1.807) is 0 Å². The van der Waals surface area contributed by atoms with Gasteiger partial charge in [-0.25, -0.2) is 0 Å². The van der Waals surface area contributed by atoms with Gasteiger partial charge in [-0.3, -0.25) is 0 Å². The Morgan fingerprint density at radius 3 is 0.982 bits per heavy atom. The molecular weight excluding hydrogens is 1470 g/mol. The number of hydrogen-bond acceptors (Lipinski definition) is 12. The maximum absolute atomic E-state index is 6.66.